The molecule has 2 aromatic carbocycles. The van der Waals surface area contributed by atoms with E-state index in [1.807, 2.05) is 13.8 Å². The highest BCUT2D eigenvalue weighted by molar-refractivity contribution is 7.89. The van der Waals surface area contributed by atoms with Gasteiger partial charge in [-0.15, -0.1) is 0 Å². The number of primary sulfonamides is 1. The predicted molar refractivity (Wildman–Crippen MR) is 92.6 cm³/mol. The van der Waals surface area contributed by atoms with Crippen LogP contribution in [0.1, 0.15) is 30.6 Å². The Bertz CT molecular complexity index is 817. The van der Waals surface area contributed by atoms with Crippen LogP contribution in [-0.2, 0) is 10.0 Å². The Morgan fingerprint density at radius 3 is 2.46 bits per heavy atom. The minimum Gasteiger partial charge on any atom is -0.491 e. The van der Waals surface area contributed by atoms with E-state index in [9.17, 15) is 13.2 Å². The Morgan fingerprint density at radius 2 is 1.88 bits per heavy atom. The molecule has 2 rings (SSSR count). The second kappa shape index (κ2) is 7.46. The quantitative estimate of drug-likeness (QED) is 0.838. The molecule has 0 heterocycles. The van der Waals surface area contributed by atoms with Gasteiger partial charge in [0.05, 0.1) is 11.0 Å². The molecule has 0 aromatic heterocycles. The summed E-state index contributed by atoms with van der Waals surface area (Å²) in [6, 6.07) is 12.5. The van der Waals surface area contributed by atoms with Gasteiger partial charge in [-0.05, 0) is 55.8 Å². The molecule has 0 saturated carbocycles. The van der Waals surface area contributed by atoms with Crippen LogP contribution in [0.5, 0.6) is 5.75 Å². The molecule has 1 atom stereocenters. The van der Waals surface area contributed by atoms with E-state index in [-0.39, 0.29) is 16.9 Å². The molecule has 0 bridgehead atoms. The summed E-state index contributed by atoms with van der Waals surface area (Å²) in [5.74, 6) is 0.314. The molecule has 0 aliphatic heterocycles. The molecular weight excluding hydrogens is 328 g/mol. The predicted octanol–water partition coefficient (Wildman–Crippen LogP) is 2.76. The van der Waals surface area contributed by atoms with Gasteiger partial charge in [0, 0.05) is 11.3 Å². The van der Waals surface area contributed by atoms with Crippen molar-refractivity contribution in [1.82, 2.24) is 0 Å². The van der Waals surface area contributed by atoms with Crippen molar-refractivity contribution in [1.29, 1.82) is 0 Å². The summed E-state index contributed by atoms with van der Waals surface area (Å²) in [6.07, 6.45) is 0.932. The number of sulfonamides is 1. The fourth-order valence-corrected chi connectivity index (χ4v) is 2.47. The van der Waals surface area contributed by atoms with Gasteiger partial charge >= 0.3 is 0 Å². The van der Waals surface area contributed by atoms with Gasteiger partial charge in [0.2, 0.25) is 10.0 Å². The number of amides is 1. The lowest BCUT2D eigenvalue weighted by molar-refractivity contribution is 0.102. The molecule has 0 fully saturated rings. The number of hydrogen-bond acceptors (Lipinski definition) is 4. The smallest absolute Gasteiger partial charge is 0.255 e. The summed E-state index contributed by atoms with van der Waals surface area (Å²) in [5, 5.41) is 7.74. The van der Waals surface area contributed by atoms with E-state index in [4.69, 9.17) is 9.88 Å². The van der Waals surface area contributed by atoms with E-state index < -0.39 is 10.0 Å². The summed E-state index contributed by atoms with van der Waals surface area (Å²) < 4.78 is 28.1. The normalized spacial score (nSPS) is 12.5. The second-order valence-corrected chi connectivity index (χ2v) is 6.95. The number of carbonyl (C=O) groups excluding carboxylic acids is 1. The highest BCUT2D eigenvalue weighted by atomic mass is 32.2. The number of rotatable bonds is 6. The molecule has 0 aliphatic rings. The van der Waals surface area contributed by atoms with E-state index in [0.717, 1.165) is 6.42 Å². The molecule has 6 nitrogen and oxygen atoms in total. The fraction of sp³-hybridized carbons (Fsp3) is 0.235. The molecule has 0 unspecified atom stereocenters. The zero-order valence-corrected chi connectivity index (χ0v) is 14.3. The average molecular weight is 348 g/mol. The third-order valence-electron chi connectivity index (χ3n) is 3.45. The molecule has 0 aliphatic carbocycles. The Labute approximate surface area is 141 Å². The number of ether oxygens (including phenoxy) is 1. The van der Waals surface area contributed by atoms with Crippen LogP contribution < -0.4 is 15.2 Å². The summed E-state index contributed by atoms with van der Waals surface area (Å²) >= 11 is 0. The van der Waals surface area contributed by atoms with E-state index in [2.05, 4.69) is 5.32 Å². The molecule has 24 heavy (non-hydrogen) atoms. The minimum atomic E-state index is -3.75. The average Bonchev–Trinajstić information content (AvgIpc) is 2.54. The highest BCUT2D eigenvalue weighted by Gasteiger charge is 2.10. The number of anilines is 1. The zero-order valence-electron chi connectivity index (χ0n) is 13.5. The number of benzene rings is 2. The van der Waals surface area contributed by atoms with Crippen LogP contribution in [0, 0.1) is 0 Å². The SMILES string of the molecule is CC[C@H](C)Oc1cccc(C(=O)Nc2ccc(S(N)(=O)=O)cc2)c1. The molecule has 0 radical (unpaired) electrons. The largest absolute Gasteiger partial charge is 0.491 e. The third-order valence-corrected chi connectivity index (χ3v) is 4.38. The van der Waals surface area contributed by atoms with Crippen LogP contribution in [0.3, 0.4) is 0 Å². The first kappa shape index (κ1) is 18.0. The summed E-state index contributed by atoms with van der Waals surface area (Å²) in [6.45, 7) is 3.98. The highest BCUT2D eigenvalue weighted by Crippen LogP contribution is 2.18. The maximum Gasteiger partial charge on any atom is 0.255 e. The van der Waals surface area contributed by atoms with Crippen molar-refractivity contribution < 1.29 is 17.9 Å². The van der Waals surface area contributed by atoms with Crippen LogP contribution >= 0.6 is 0 Å². The van der Waals surface area contributed by atoms with Crippen molar-refractivity contribution in [3.63, 3.8) is 0 Å². The van der Waals surface area contributed by atoms with E-state index >= 15 is 0 Å². The summed E-state index contributed by atoms with van der Waals surface area (Å²) in [7, 11) is -3.75. The first-order valence-electron chi connectivity index (χ1n) is 7.50. The van der Waals surface area contributed by atoms with Gasteiger partial charge in [0.15, 0.2) is 0 Å². The monoisotopic (exact) mass is 348 g/mol. The van der Waals surface area contributed by atoms with Gasteiger partial charge in [0.25, 0.3) is 5.91 Å². The number of carbonyl (C=O) groups is 1. The first-order chi connectivity index (χ1) is 11.3. The Balaban J connectivity index is 2.11. The van der Waals surface area contributed by atoms with Crippen molar-refractivity contribution >= 4 is 21.6 Å². The molecule has 128 valence electrons. The number of hydrogen-bond donors (Lipinski definition) is 2. The van der Waals surface area contributed by atoms with Crippen molar-refractivity contribution in [2.24, 2.45) is 5.14 Å². The second-order valence-electron chi connectivity index (χ2n) is 5.39. The van der Waals surface area contributed by atoms with Crippen molar-refractivity contribution in [2.75, 3.05) is 5.32 Å². The van der Waals surface area contributed by atoms with E-state index in [1.165, 1.54) is 24.3 Å². The molecular formula is C17H20N2O4S. The van der Waals surface area contributed by atoms with Crippen LogP contribution in [-0.4, -0.2) is 20.4 Å². The maximum absolute atomic E-state index is 12.3. The van der Waals surface area contributed by atoms with Crippen molar-refractivity contribution in [2.45, 2.75) is 31.3 Å². The van der Waals surface area contributed by atoms with E-state index in [1.54, 1.807) is 24.3 Å². The van der Waals surface area contributed by atoms with E-state index in [0.29, 0.717) is 17.0 Å². The molecule has 0 saturated heterocycles. The lowest BCUT2D eigenvalue weighted by atomic mass is 10.2. The summed E-state index contributed by atoms with van der Waals surface area (Å²) in [4.78, 5) is 12.3. The first-order valence-corrected chi connectivity index (χ1v) is 9.05. The number of nitrogens with two attached hydrogens (primary N) is 1. The Morgan fingerprint density at radius 1 is 1.21 bits per heavy atom. The Hall–Kier alpha value is -2.38. The topological polar surface area (TPSA) is 98.5 Å². The van der Waals surface area contributed by atoms with Crippen LogP contribution in [0.4, 0.5) is 5.69 Å². The lowest BCUT2D eigenvalue weighted by Gasteiger charge is -2.13. The molecule has 1 amide bonds. The Kier molecular flexibility index (Phi) is 5.58. The van der Waals surface area contributed by atoms with Gasteiger partial charge in [0.1, 0.15) is 5.75 Å². The van der Waals surface area contributed by atoms with Crippen LogP contribution in [0.25, 0.3) is 0 Å². The molecule has 3 N–H and O–H groups in total. The lowest BCUT2D eigenvalue weighted by Crippen LogP contribution is -2.14. The maximum atomic E-state index is 12.3. The fourth-order valence-electron chi connectivity index (χ4n) is 1.96. The minimum absolute atomic E-state index is 0.00977. The zero-order chi connectivity index (χ0) is 17.7. The molecule has 0 spiro atoms. The van der Waals surface area contributed by atoms with Gasteiger partial charge in [-0.25, -0.2) is 13.6 Å². The van der Waals surface area contributed by atoms with Crippen molar-refractivity contribution in [3.8, 4) is 5.75 Å². The molecule has 7 heteroatoms. The molecule has 2 aromatic rings. The third kappa shape index (κ3) is 4.81. The number of nitrogens with one attached hydrogen (secondary N) is 1. The van der Waals surface area contributed by atoms with Crippen LogP contribution in [0.15, 0.2) is 53.4 Å². The summed E-state index contributed by atoms with van der Waals surface area (Å²) in [5.41, 5.74) is 0.923. The van der Waals surface area contributed by atoms with Gasteiger partial charge < -0.3 is 10.1 Å². The van der Waals surface area contributed by atoms with Gasteiger partial charge in [-0.1, -0.05) is 13.0 Å². The van der Waals surface area contributed by atoms with Gasteiger partial charge in [-0.3, -0.25) is 4.79 Å². The van der Waals surface area contributed by atoms with Gasteiger partial charge in [-0.2, -0.15) is 0 Å². The standard InChI is InChI=1S/C17H20N2O4S/c1-3-12(2)23-15-6-4-5-13(11-15)17(20)19-14-7-9-16(10-8-14)24(18,21)22/h4-12H,3H2,1-2H3,(H,19,20)(H2,18,21,22)/t12-/m0/s1. The van der Waals surface area contributed by atoms with Crippen LogP contribution in [0.2, 0.25) is 0 Å². The van der Waals surface area contributed by atoms with Crippen molar-refractivity contribution in [3.05, 3.63) is 54.1 Å².